The number of nitrogens with zero attached hydrogens (tertiary/aromatic N) is 1. The fourth-order valence-corrected chi connectivity index (χ4v) is 2.85. The zero-order chi connectivity index (χ0) is 12.7. The van der Waals surface area contributed by atoms with E-state index >= 15 is 0 Å². The van der Waals surface area contributed by atoms with Crippen LogP contribution in [0.1, 0.15) is 19.3 Å². The van der Waals surface area contributed by atoms with E-state index in [1.165, 1.54) is 18.8 Å². The summed E-state index contributed by atoms with van der Waals surface area (Å²) in [6.07, 6.45) is 4.72. The lowest BCUT2D eigenvalue weighted by Crippen LogP contribution is -2.30. The van der Waals surface area contributed by atoms with Gasteiger partial charge in [-0.15, -0.1) is 0 Å². The Labute approximate surface area is 114 Å². The number of benzene rings is 1. The first-order valence-corrected chi connectivity index (χ1v) is 6.73. The highest BCUT2D eigenvalue weighted by Gasteiger charge is 2.23. The highest BCUT2D eigenvalue weighted by Crippen LogP contribution is 2.39. The van der Waals surface area contributed by atoms with Crippen molar-refractivity contribution in [2.24, 2.45) is 0 Å². The minimum Gasteiger partial charge on any atom is -0.460 e. The molecule has 1 aliphatic rings. The number of anilines is 1. The third-order valence-corrected chi connectivity index (χ3v) is 3.93. The van der Waals surface area contributed by atoms with Crippen LogP contribution in [0.2, 0.25) is 10.0 Å². The SMILES string of the molecule is Fc1c(Cl)cc2c(Cl)coc2c1N1CCCCC1. The Kier molecular flexibility index (Phi) is 3.12. The van der Waals surface area contributed by atoms with Gasteiger partial charge in [0, 0.05) is 18.5 Å². The smallest absolute Gasteiger partial charge is 0.168 e. The number of fused-ring (bicyclic) bond motifs is 1. The second-order valence-corrected chi connectivity index (χ2v) is 5.34. The molecule has 1 saturated heterocycles. The van der Waals surface area contributed by atoms with Gasteiger partial charge in [0.2, 0.25) is 0 Å². The number of furan rings is 1. The zero-order valence-electron chi connectivity index (χ0n) is 9.68. The second-order valence-electron chi connectivity index (χ2n) is 4.53. The minimum absolute atomic E-state index is 0.0892. The van der Waals surface area contributed by atoms with Crippen LogP contribution in [0, 0.1) is 5.82 Å². The molecule has 1 aromatic carbocycles. The fourth-order valence-electron chi connectivity index (χ4n) is 2.47. The molecule has 0 saturated carbocycles. The molecule has 2 aromatic rings. The van der Waals surface area contributed by atoms with E-state index in [9.17, 15) is 4.39 Å². The van der Waals surface area contributed by atoms with Gasteiger partial charge in [0.15, 0.2) is 11.4 Å². The number of halogens is 3. The molecule has 0 N–H and O–H groups in total. The van der Waals surface area contributed by atoms with Gasteiger partial charge in [-0.1, -0.05) is 23.2 Å². The van der Waals surface area contributed by atoms with E-state index in [4.69, 9.17) is 27.6 Å². The maximum absolute atomic E-state index is 14.2. The number of piperidine rings is 1. The average Bonchev–Trinajstić information content (AvgIpc) is 2.74. The monoisotopic (exact) mass is 287 g/mol. The minimum atomic E-state index is -0.419. The van der Waals surface area contributed by atoms with Crippen LogP contribution < -0.4 is 4.90 Å². The molecule has 1 aliphatic heterocycles. The van der Waals surface area contributed by atoms with Gasteiger partial charge in [0.25, 0.3) is 0 Å². The van der Waals surface area contributed by atoms with Crippen LogP contribution >= 0.6 is 23.2 Å². The van der Waals surface area contributed by atoms with E-state index in [1.807, 2.05) is 4.90 Å². The summed E-state index contributed by atoms with van der Waals surface area (Å²) in [6.45, 7) is 1.65. The fraction of sp³-hybridized carbons (Fsp3) is 0.385. The Hall–Kier alpha value is -0.930. The topological polar surface area (TPSA) is 16.4 Å². The number of hydrogen-bond donors (Lipinski definition) is 0. The maximum Gasteiger partial charge on any atom is 0.168 e. The van der Waals surface area contributed by atoms with Crippen LogP contribution in [-0.4, -0.2) is 13.1 Å². The van der Waals surface area contributed by atoms with Gasteiger partial charge in [-0.05, 0) is 25.3 Å². The first-order chi connectivity index (χ1) is 8.68. The Bertz CT molecular complexity index is 590. The molecule has 0 spiro atoms. The second kappa shape index (κ2) is 4.63. The van der Waals surface area contributed by atoms with Crippen molar-refractivity contribution in [3.8, 4) is 0 Å². The van der Waals surface area contributed by atoms with Crippen molar-refractivity contribution in [1.29, 1.82) is 0 Å². The molecule has 0 radical (unpaired) electrons. The van der Waals surface area contributed by atoms with Crippen molar-refractivity contribution in [3.63, 3.8) is 0 Å². The van der Waals surface area contributed by atoms with Crippen LogP contribution in [0.3, 0.4) is 0 Å². The molecular formula is C13H12Cl2FNO. The van der Waals surface area contributed by atoms with E-state index in [2.05, 4.69) is 0 Å². The highest BCUT2D eigenvalue weighted by molar-refractivity contribution is 6.37. The molecule has 1 fully saturated rings. The molecule has 18 heavy (non-hydrogen) atoms. The summed E-state index contributed by atoms with van der Waals surface area (Å²) >= 11 is 12.0. The lowest BCUT2D eigenvalue weighted by molar-refractivity contribution is 0.548. The third-order valence-electron chi connectivity index (χ3n) is 3.36. The average molecular weight is 288 g/mol. The van der Waals surface area contributed by atoms with E-state index in [-0.39, 0.29) is 5.02 Å². The van der Waals surface area contributed by atoms with Gasteiger partial charge in [-0.25, -0.2) is 4.39 Å². The van der Waals surface area contributed by atoms with Crippen molar-refractivity contribution < 1.29 is 8.81 Å². The van der Waals surface area contributed by atoms with Crippen molar-refractivity contribution in [2.45, 2.75) is 19.3 Å². The lowest BCUT2D eigenvalue weighted by atomic mass is 10.1. The highest BCUT2D eigenvalue weighted by atomic mass is 35.5. The molecule has 0 aliphatic carbocycles. The molecule has 3 rings (SSSR count). The molecular weight excluding hydrogens is 276 g/mol. The predicted octanol–water partition coefficient (Wildman–Crippen LogP) is 4.87. The van der Waals surface area contributed by atoms with Crippen molar-refractivity contribution >= 4 is 39.9 Å². The maximum atomic E-state index is 14.2. The molecule has 1 aromatic heterocycles. The van der Waals surface area contributed by atoms with Crippen LogP contribution in [0.5, 0.6) is 0 Å². The predicted molar refractivity (Wildman–Crippen MR) is 72.3 cm³/mol. The molecule has 2 heterocycles. The quantitative estimate of drug-likeness (QED) is 0.744. The molecule has 2 nitrogen and oxygen atoms in total. The summed E-state index contributed by atoms with van der Waals surface area (Å²) in [5.41, 5.74) is 0.938. The van der Waals surface area contributed by atoms with Gasteiger partial charge in [-0.2, -0.15) is 0 Å². The summed E-state index contributed by atoms with van der Waals surface area (Å²) < 4.78 is 19.6. The number of hydrogen-bond acceptors (Lipinski definition) is 2. The van der Waals surface area contributed by atoms with Crippen molar-refractivity contribution in [3.05, 3.63) is 28.2 Å². The largest absolute Gasteiger partial charge is 0.460 e. The van der Waals surface area contributed by atoms with Crippen molar-refractivity contribution in [1.82, 2.24) is 0 Å². The Morgan fingerprint density at radius 2 is 1.83 bits per heavy atom. The van der Waals surface area contributed by atoms with Gasteiger partial charge >= 0.3 is 0 Å². The normalized spacial score (nSPS) is 16.5. The molecule has 5 heteroatoms. The van der Waals surface area contributed by atoms with Crippen LogP contribution in [-0.2, 0) is 0 Å². The van der Waals surface area contributed by atoms with Gasteiger partial charge in [0.05, 0.1) is 10.0 Å². The first-order valence-electron chi connectivity index (χ1n) is 5.98. The Balaban J connectivity index is 2.21. The first kappa shape index (κ1) is 12.1. The van der Waals surface area contributed by atoms with Gasteiger partial charge < -0.3 is 9.32 Å². The van der Waals surface area contributed by atoms with Crippen LogP contribution in [0.15, 0.2) is 16.7 Å². The summed E-state index contributed by atoms with van der Waals surface area (Å²) in [4.78, 5) is 1.99. The zero-order valence-corrected chi connectivity index (χ0v) is 11.2. The lowest BCUT2D eigenvalue weighted by Gasteiger charge is -2.29. The summed E-state index contributed by atoms with van der Waals surface area (Å²) in [6, 6.07) is 1.52. The summed E-state index contributed by atoms with van der Waals surface area (Å²) in [5, 5.41) is 1.22. The van der Waals surface area contributed by atoms with Crippen LogP contribution in [0.25, 0.3) is 11.0 Å². The van der Waals surface area contributed by atoms with Gasteiger partial charge in [-0.3, -0.25) is 0 Å². The molecule has 0 bridgehead atoms. The van der Waals surface area contributed by atoms with Crippen LogP contribution in [0.4, 0.5) is 10.1 Å². The van der Waals surface area contributed by atoms with E-state index in [0.29, 0.717) is 21.7 Å². The summed E-state index contributed by atoms with van der Waals surface area (Å²) in [5.74, 6) is -0.419. The molecule has 0 atom stereocenters. The van der Waals surface area contributed by atoms with Crippen molar-refractivity contribution in [2.75, 3.05) is 18.0 Å². The van der Waals surface area contributed by atoms with Gasteiger partial charge in [0.1, 0.15) is 12.0 Å². The third kappa shape index (κ3) is 1.86. The molecule has 0 unspecified atom stereocenters. The Morgan fingerprint density at radius 1 is 1.11 bits per heavy atom. The Morgan fingerprint density at radius 3 is 2.56 bits per heavy atom. The molecule has 0 amide bonds. The molecule has 96 valence electrons. The van der Waals surface area contributed by atoms with E-state index < -0.39 is 5.82 Å². The summed E-state index contributed by atoms with van der Waals surface area (Å²) in [7, 11) is 0. The number of rotatable bonds is 1. The van der Waals surface area contributed by atoms with E-state index in [1.54, 1.807) is 0 Å². The standard InChI is InChI=1S/C13H12Cl2FNO/c14-9-6-8-10(15)7-18-13(8)12(11(9)16)17-4-2-1-3-5-17/h6-7H,1-5H2. The van der Waals surface area contributed by atoms with E-state index in [0.717, 1.165) is 25.9 Å².